The SMILES string of the molecule is CC(C)(C)c1cc(-c2nnc3n2CN(c2ccncc2)CS3)cc(C(C)(C)C)c1. The molecule has 0 atom stereocenters. The second-order valence-electron chi connectivity index (χ2n) is 9.69. The second-order valence-corrected chi connectivity index (χ2v) is 10.6. The summed E-state index contributed by atoms with van der Waals surface area (Å²) in [7, 11) is 0. The van der Waals surface area contributed by atoms with Gasteiger partial charge in [-0.05, 0) is 46.2 Å². The molecule has 3 aromatic rings. The zero-order valence-electron chi connectivity index (χ0n) is 18.1. The van der Waals surface area contributed by atoms with Crippen LogP contribution in [0.3, 0.4) is 0 Å². The van der Waals surface area contributed by atoms with Gasteiger partial charge < -0.3 is 4.90 Å². The van der Waals surface area contributed by atoms with E-state index in [-0.39, 0.29) is 10.8 Å². The molecule has 1 aliphatic rings. The lowest BCUT2D eigenvalue weighted by molar-refractivity contribution is 0.568. The van der Waals surface area contributed by atoms with Gasteiger partial charge >= 0.3 is 0 Å². The van der Waals surface area contributed by atoms with Crippen LogP contribution in [0.15, 0.2) is 47.9 Å². The normalized spacial score (nSPS) is 14.8. The molecule has 0 radical (unpaired) electrons. The number of hydrogen-bond donors (Lipinski definition) is 0. The summed E-state index contributed by atoms with van der Waals surface area (Å²) < 4.78 is 2.23. The van der Waals surface area contributed by atoms with Crippen molar-refractivity contribution in [3.05, 3.63) is 53.9 Å². The molecule has 5 nitrogen and oxygen atoms in total. The summed E-state index contributed by atoms with van der Waals surface area (Å²) in [4.78, 5) is 6.46. The number of nitrogens with zero attached hydrogens (tertiary/aromatic N) is 5. The number of aromatic nitrogens is 4. The zero-order chi connectivity index (χ0) is 20.8. The first kappa shape index (κ1) is 20.0. The summed E-state index contributed by atoms with van der Waals surface area (Å²) in [5.74, 6) is 1.79. The van der Waals surface area contributed by atoms with Crippen LogP contribution in [0.5, 0.6) is 0 Å². The Kier molecular flexibility index (Phi) is 4.93. The molecule has 0 N–H and O–H groups in total. The lowest BCUT2D eigenvalue weighted by Crippen LogP contribution is -2.30. The highest BCUT2D eigenvalue weighted by Gasteiger charge is 2.26. The number of fused-ring (bicyclic) bond motifs is 1. The van der Waals surface area contributed by atoms with Crippen molar-refractivity contribution >= 4 is 17.4 Å². The van der Waals surface area contributed by atoms with Crippen LogP contribution < -0.4 is 4.90 Å². The van der Waals surface area contributed by atoms with Gasteiger partial charge in [-0.1, -0.05) is 59.4 Å². The van der Waals surface area contributed by atoms with E-state index in [2.05, 4.69) is 84.4 Å². The third kappa shape index (κ3) is 4.04. The third-order valence-electron chi connectivity index (χ3n) is 5.33. The first-order valence-corrected chi connectivity index (χ1v) is 11.0. The van der Waals surface area contributed by atoms with E-state index in [4.69, 9.17) is 0 Å². The number of rotatable bonds is 2. The van der Waals surface area contributed by atoms with E-state index < -0.39 is 0 Å². The fraction of sp³-hybridized carbons (Fsp3) is 0.435. The third-order valence-corrected chi connectivity index (χ3v) is 6.33. The van der Waals surface area contributed by atoms with Crippen molar-refractivity contribution in [2.24, 2.45) is 0 Å². The second kappa shape index (κ2) is 7.17. The minimum Gasteiger partial charge on any atom is -0.343 e. The topological polar surface area (TPSA) is 46.8 Å². The van der Waals surface area contributed by atoms with Gasteiger partial charge in [0.05, 0.1) is 12.5 Å². The number of pyridine rings is 1. The van der Waals surface area contributed by atoms with Crippen molar-refractivity contribution in [1.29, 1.82) is 0 Å². The van der Waals surface area contributed by atoms with Crippen LogP contribution in [0, 0.1) is 0 Å². The van der Waals surface area contributed by atoms with Crippen molar-refractivity contribution in [3.8, 4) is 11.4 Å². The first-order chi connectivity index (χ1) is 13.6. The molecule has 29 heavy (non-hydrogen) atoms. The Balaban J connectivity index is 1.78. The van der Waals surface area contributed by atoms with Crippen molar-refractivity contribution in [2.75, 3.05) is 10.8 Å². The lowest BCUT2D eigenvalue weighted by atomic mass is 9.79. The van der Waals surface area contributed by atoms with Gasteiger partial charge in [-0.25, -0.2) is 0 Å². The van der Waals surface area contributed by atoms with E-state index in [1.807, 2.05) is 24.5 Å². The van der Waals surface area contributed by atoms with Gasteiger partial charge in [0.1, 0.15) is 0 Å². The highest BCUT2D eigenvalue weighted by atomic mass is 32.2. The average molecular weight is 408 g/mol. The average Bonchev–Trinajstić information content (AvgIpc) is 3.10. The van der Waals surface area contributed by atoms with Gasteiger partial charge in [0.25, 0.3) is 0 Å². The smallest absolute Gasteiger partial charge is 0.194 e. The molecule has 1 aliphatic heterocycles. The van der Waals surface area contributed by atoms with E-state index in [0.717, 1.165) is 34.8 Å². The zero-order valence-corrected chi connectivity index (χ0v) is 18.9. The summed E-state index contributed by atoms with van der Waals surface area (Å²) in [5, 5.41) is 10.1. The Bertz CT molecular complexity index is 980. The molecule has 3 heterocycles. The van der Waals surface area contributed by atoms with Crippen LogP contribution in [0.25, 0.3) is 11.4 Å². The van der Waals surface area contributed by atoms with Gasteiger partial charge in [-0.15, -0.1) is 10.2 Å². The summed E-state index contributed by atoms with van der Waals surface area (Å²) in [6.07, 6.45) is 3.68. The van der Waals surface area contributed by atoms with Crippen LogP contribution in [-0.4, -0.2) is 25.6 Å². The minimum absolute atomic E-state index is 0.0680. The molecule has 0 unspecified atom stereocenters. The van der Waals surface area contributed by atoms with Crippen molar-refractivity contribution in [2.45, 2.75) is 64.2 Å². The molecule has 2 aromatic heterocycles. The van der Waals surface area contributed by atoms with Gasteiger partial charge in [0.15, 0.2) is 11.0 Å². The fourth-order valence-corrected chi connectivity index (χ4v) is 4.32. The highest BCUT2D eigenvalue weighted by Crippen LogP contribution is 2.36. The van der Waals surface area contributed by atoms with Gasteiger partial charge in [0, 0.05) is 23.6 Å². The molecule has 152 valence electrons. The minimum atomic E-state index is 0.0680. The van der Waals surface area contributed by atoms with Crippen LogP contribution in [0.2, 0.25) is 0 Å². The Labute approximate surface area is 177 Å². The lowest BCUT2D eigenvalue weighted by Gasteiger charge is -2.30. The molecule has 0 fully saturated rings. The van der Waals surface area contributed by atoms with Gasteiger partial charge in [-0.2, -0.15) is 0 Å². The van der Waals surface area contributed by atoms with Gasteiger partial charge in [-0.3, -0.25) is 9.55 Å². The van der Waals surface area contributed by atoms with Crippen LogP contribution in [-0.2, 0) is 17.5 Å². The van der Waals surface area contributed by atoms with E-state index in [1.165, 1.54) is 11.1 Å². The Morgan fingerprint density at radius 1 is 0.862 bits per heavy atom. The standard InChI is InChI=1S/C23H29N5S/c1-22(2,3)17-11-16(12-18(13-17)23(4,5)6)20-25-26-21-28(20)14-27(15-29-21)19-7-9-24-10-8-19/h7-13H,14-15H2,1-6H3. The maximum Gasteiger partial charge on any atom is 0.194 e. The van der Waals surface area contributed by atoms with E-state index in [9.17, 15) is 0 Å². The Morgan fingerprint density at radius 2 is 1.48 bits per heavy atom. The predicted molar refractivity (Wildman–Crippen MR) is 120 cm³/mol. The molecule has 0 bridgehead atoms. The molecule has 0 saturated carbocycles. The van der Waals surface area contributed by atoms with Crippen LogP contribution in [0.1, 0.15) is 52.7 Å². The fourth-order valence-electron chi connectivity index (χ4n) is 3.42. The predicted octanol–water partition coefficient (Wildman–Crippen LogP) is 5.46. The van der Waals surface area contributed by atoms with E-state index in [1.54, 1.807) is 11.8 Å². The summed E-state index contributed by atoms with van der Waals surface area (Å²) in [6.45, 7) is 14.3. The number of thioether (sulfide) groups is 1. The molecule has 6 heteroatoms. The molecule has 1 aromatic carbocycles. The Morgan fingerprint density at radius 3 is 2.07 bits per heavy atom. The van der Waals surface area contributed by atoms with Crippen molar-refractivity contribution in [1.82, 2.24) is 19.7 Å². The van der Waals surface area contributed by atoms with Gasteiger partial charge in [0.2, 0.25) is 0 Å². The van der Waals surface area contributed by atoms with E-state index in [0.29, 0.717) is 0 Å². The molecule has 4 rings (SSSR count). The van der Waals surface area contributed by atoms with Crippen LogP contribution in [0.4, 0.5) is 5.69 Å². The molecule has 0 spiro atoms. The summed E-state index contributed by atoms with van der Waals surface area (Å²) in [5.41, 5.74) is 5.09. The number of benzene rings is 1. The molecule has 0 saturated heterocycles. The highest BCUT2D eigenvalue weighted by molar-refractivity contribution is 7.99. The monoisotopic (exact) mass is 407 g/mol. The summed E-state index contributed by atoms with van der Waals surface area (Å²) >= 11 is 1.72. The maximum atomic E-state index is 4.60. The molecular formula is C23H29N5S. The number of hydrogen-bond acceptors (Lipinski definition) is 5. The quantitative estimate of drug-likeness (QED) is 0.564. The largest absolute Gasteiger partial charge is 0.343 e. The number of anilines is 1. The van der Waals surface area contributed by atoms with E-state index >= 15 is 0 Å². The summed E-state index contributed by atoms with van der Waals surface area (Å²) in [6, 6.07) is 11.0. The maximum absolute atomic E-state index is 4.60. The van der Waals surface area contributed by atoms with Crippen molar-refractivity contribution in [3.63, 3.8) is 0 Å². The molecular weight excluding hydrogens is 378 g/mol. The molecule has 0 amide bonds. The Hall–Kier alpha value is -2.34. The first-order valence-electron chi connectivity index (χ1n) is 10.0. The van der Waals surface area contributed by atoms with Crippen molar-refractivity contribution < 1.29 is 0 Å². The molecule has 0 aliphatic carbocycles. The van der Waals surface area contributed by atoms with Crippen LogP contribution >= 0.6 is 11.8 Å².